The first-order valence-electron chi connectivity index (χ1n) is 4.23. The van der Waals surface area contributed by atoms with Gasteiger partial charge in [0.1, 0.15) is 0 Å². The second-order valence-electron chi connectivity index (χ2n) is 3.06. The summed E-state index contributed by atoms with van der Waals surface area (Å²) < 4.78 is 0. The number of benzene rings is 1. The maximum atomic E-state index is 10.5. The van der Waals surface area contributed by atoms with Crippen LogP contribution in [0, 0.1) is 6.92 Å². The number of primary amides is 1. The van der Waals surface area contributed by atoms with Gasteiger partial charge in [-0.1, -0.05) is 29.9 Å². The van der Waals surface area contributed by atoms with E-state index < -0.39 is 5.91 Å². The Kier molecular flexibility index (Phi) is 3.59. The summed E-state index contributed by atoms with van der Waals surface area (Å²) in [4.78, 5) is 11.0. The van der Waals surface area contributed by atoms with Crippen molar-refractivity contribution in [3.63, 3.8) is 0 Å². The summed E-state index contributed by atoms with van der Waals surface area (Å²) in [6.07, 6.45) is 0.0865. The molecule has 0 radical (unpaired) electrons. The normalized spacial score (nSPS) is 9.50. The van der Waals surface area contributed by atoms with E-state index in [0.717, 1.165) is 5.69 Å². The van der Waals surface area contributed by atoms with Crippen LogP contribution in [0.5, 0.6) is 0 Å². The van der Waals surface area contributed by atoms with Gasteiger partial charge in [0.05, 0.1) is 11.4 Å². The number of anilines is 1. The first-order valence-corrected chi connectivity index (χ1v) is 4.63. The van der Waals surface area contributed by atoms with Crippen LogP contribution in [-0.2, 0) is 4.79 Å². The molecule has 0 spiro atoms. The molecule has 3 nitrogen and oxygen atoms in total. The molecule has 1 amide bonds. The van der Waals surface area contributed by atoms with E-state index in [1.165, 1.54) is 5.56 Å². The van der Waals surface area contributed by atoms with Crippen LogP contribution in [-0.4, -0.2) is 10.9 Å². The molecule has 1 rings (SSSR count). The fraction of sp³-hybridized carbons (Fsp3) is 0.200. The van der Waals surface area contributed by atoms with Crippen molar-refractivity contribution in [2.75, 3.05) is 5.32 Å². The number of aryl methyl sites for hydroxylation is 1. The third-order valence-electron chi connectivity index (χ3n) is 1.67. The van der Waals surface area contributed by atoms with Crippen LogP contribution in [0.3, 0.4) is 0 Å². The van der Waals surface area contributed by atoms with Gasteiger partial charge in [-0.2, -0.15) is 0 Å². The van der Waals surface area contributed by atoms with E-state index in [0.29, 0.717) is 4.99 Å². The van der Waals surface area contributed by atoms with Crippen LogP contribution in [0.25, 0.3) is 0 Å². The standard InChI is InChI=1S/C10H12N2OS/c1-7-2-4-8(5-3-7)12-10(14)6-9(11)13/h2-5H,6H2,1H3,(H2,11,13)(H,12,14). The van der Waals surface area contributed by atoms with Crippen molar-refractivity contribution in [3.05, 3.63) is 29.8 Å². The predicted molar refractivity (Wildman–Crippen MR) is 61.2 cm³/mol. The van der Waals surface area contributed by atoms with E-state index >= 15 is 0 Å². The van der Waals surface area contributed by atoms with Gasteiger partial charge in [0.15, 0.2) is 0 Å². The average Bonchev–Trinajstić information content (AvgIpc) is 2.07. The number of hydrogen-bond acceptors (Lipinski definition) is 2. The molecule has 0 aliphatic heterocycles. The van der Waals surface area contributed by atoms with Crippen molar-refractivity contribution in [2.45, 2.75) is 13.3 Å². The molecule has 0 aliphatic carbocycles. The molecule has 1 aromatic carbocycles. The highest BCUT2D eigenvalue weighted by molar-refractivity contribution is 7.80. The maximum Gasteiger partial charge on any atom is 0.224 e. The first kappa shape index (κ1) is 10.7. The second-order valence-corrected chi connectivity index (χ2v) is 3.55. The van der Waals surface area contributed by atoms with Crippen LogP contribution in [0.4, 0.5) is 5.69 Å². The maximum absolute atomic E-state index is 10.5. The Bertz CT molecular complexity index is 346. The topological polar surface area (TPSA) is 55.1 Å². The molecule has 1 aromatic rings. The molecule has 0 atom stereocenters. The number of nitrogens with two attached hydrogens (primary N) is 1. The SMILES string of the molecule is Cc1ccc(NC(=S)CC(N)=O)cc1. The van der Waals surface area contributed by atoms with E-state index in [1.54, 1.807) is 0 Å². The molecule has 3 N–H and O–H groups in total. The molecule has 0 heterocycles. The summed E-state index contributed by atoms with van der Waals surface area (Å²) in [5.74, 6) is -0.422. The lowest BCUT2D eigenvalue weighted by Crippen LogP contribution is -2.19. The van der Waals surface area contributed by atoms with Crippen molar-refractivity contribution in [1.29, 1.82) is 0 Å². The van der Waals surface area contributed by atoms with Crippen molar-refractivity contribution >= 4 is 28.8 Å². The Hall–Kier alpha value is -1.42. The Balaban J connectivity index is 2.56. The molecule has 4 heteroatoms. The lowest BCUT2D eigenvalue weighted by atomic mass is 10.2. The molecule has 74 valence electrons. The molecule has 0 aromatic heterocycles. The zero-order chi connectivity index (χ0) is 10.6. The fourth-order valence-electron chi connectivity index (χ4n) is 1.00. The van der Waals surface area contributed by atoms with Gasteiger partial charge in [0.2, 0.25) is 5.91 Å². The third kappa shape index (κ3) is 3.53. The van der Waals surface area contributed by atoms with Crippen LogP contribution in [0.2, 0.25) is 0 Å². The third-order valence-corrected chi connectivity index (χ3v) is 1.92. The van der Waals surface area contributed by atoms with Gasteiger partial charge in [-0.15, -0.1) is 0 Å². The van der Waals surface area contributed by atoms with Gasteiger partial charge in [0.25, 0.3) is 0 Å². The van der Waals surface area contributed by atoms with E-state index in [2.05, 4.69) is 5.32 Å². The second kappa shape index (κ2) is 4.72. The zero-order valence-corrected chi connectivity index (χ0v) is 8.73. The summed E-state index contributed by atoms with van der Waals surface area (Å²) >= 11 is 4.93. The van der Waals surface area contributed by atoms with Crippen molar-refractivity contribution in [1.82, 2.24) is 0 Å². The van der Waals surface area contributed by atoms with Crippen LogP contribution < -0.4 is 11.1 Å². The lowest BCUT2D eigenvalue weighted by molar-refractivity contribution is -0.116. The van der Waals surface area contributed by atoms with Crippen LogP contribution in [0.1, 0.15) is 12.0 Å². The largest absolute Gasteiger partial charge is 0.369 e. The molecule has 0 bridgehead atoms. The van der Waals surface area contributed by atoms with Gasteiger partial charge in [-0.05, 0) is 19.1 Å². The van der Waals surface area contributed by atoms with E-state index in [4.69, 9.17) is 18.0 Å². The number of hydrogen-bond donors (Lipinski definition) is 2. The van der Waals surface area contributed by atoms with Crippen LogP contribution in [0.15, 0.2) is 24.3 Å². The van der Waals surface area contributed by atoms with Gasteiger partial charge in [-0.3, -0.25) is 4.79 Å². The molecule has 0 saturated heterocycles. The Morgan fingerprint density at radius 3 is 2.50 bits per heavy atom. The fourth-order valence-corrected chi connectivity index (χ4v) is 1.26. The molecule has 0 fully saturated rings. The Morgan fingerprint density at radius 2 is 2.00 bits per heavy atom. The van der Waals surface area contributed by atoms with Gasteiger partial charge in [0, 0.05) is 5.69 Å². The quantitative estimate of drug-likeness (QED) is 0.742. The molecule has 14 heavy (non-hydrogen) atoms. The molecule has 0 aliphatic rings. The summed E-state index contributed by atoms with van der Waals surface area (Å²) in [6.45, 7) is 2.01. The molecular weight excluding hydrogens is 196 g/mol. The van der Waals surface area contributed by atoms with Gasteiger partial charge < -0.3 is 11.1 Å². The molecular formula is C10H12N2OS. The van der Waals surface area contributed by atoms with E-state index in [9.17, 15) is 4.79 Å². The van der Waals surface area contributed by atoms with E-state index in [-0.39, 0.29) is 6.42 Å². The lowest BCUT2D eigenvalue weighted by Gasteiger charge is -2.05. The number of rotatable bonds is 3. The van der Waals surface area contributed by atoms with Crippen molar-refractivity contribution in [2.24, 2.45) is 5.73 Å². The number of carbonyl (C=O) groups excluding carboxylic acids is 1. The summed E-state index contributed by atoms with van der Waals surface area (Å²) in [7, 11) is 0. The van der Waals surface area contributed by atoms with Gasteiger partial charge in [-0.25, -0.2) is 0 Å². The highest BCUT2D eigenvalue weighted by Crippen LogP contribution is 2.09. The van der Waals surface area contributed by atoms with Crippen LogP contribution >= 0.6 is 12.2 Å². The monoisotopic (exact) mass is 208 g/mol. The number of carbonyl (C=O) groups is 1. The highest BCUT2D eigenvalue weighted by atomic mass is 32.1. The highest BCUT2D eigenvalue weighted by Gasteiger charge is 2.01. The minimum Gasteiger partial charge on any atom is -0.369 e. The summed E-state index contributed by atoms with van der Waals surface area (Å²) in [6, 6.07) is 7.75. The predicted octanol–water partition coefficient (Wildman–Crippen LogP) is 1.61. The molecule has 0 saturated carbocycles. The zero-order valence-electron chi connectivity index (χ0n) is 7.91. The smallest absolute Gasteiger partial charge is 0.224 e. The minimum absolute atomic E-state index is 0.0865. The van der Waals surface area contributed by atoms with Crippen molar-refractivity contribution in [3.8, 4) is 0 Å². The number of nitrogens with one attached hydrogen (secondary N) is 1. The van der Waals surface area contributed by atoms with E-state index in [1.807, 2.05) is 31.2 Å². The Labute approximate surface area is 88.3 Å². The summed E-state index contributed by atoms with van der Waals surface area (Å²) in [5, 5.41) is 2.93. The minimum atomic E-state index is -0.422. The van der Waals surface area contributed by atoms with Crippen molar-refractivity contribution < 1.29 is 4.79 Å². The number of thiocarbonyl (C=S) groups is 1. The Morgan fingerprint density at radius 1 is 1.43 bits per heavy atom. The first-order chi connectivity index (χ1) is 6.58. The average molecular weight is 208 g/mol. The molecule has 0 unspecified atom stereocenters. The number of amides is 1. The van der Waals surface area contributed by atoms with Gasteiger partial charge >= 0.3 is 0 Å². The summed E-state index contributed by atoms with van der Waals surface area (Å²) in [5.41, 5.74) is 7.06.